The fourth-order valence-corrected chi connectivity index (χ4v) is 4.53. The molecule has 0 radical (unpaired) electrons. The van der Waals surface area contributed by atoms with Crippen LogP contribution >= 0.6 is 11.6 Å². The van der Waals surface area contributed by atoms with Gasteiger partial charge in [-0.25, -0.2) is 9.96 Å². The molecule has 0 unspecified atom stereocenters. The summed E-state index contributed by atoms with van der Waals surface area (Å²) >= 11 is 6.03. The Morgan fingerprint density at radius 2 is 1.60 bits per heavy atom. The standard InChI is InChI=1S/C26H20ClN3O5/c1-16-6-11-19(12-7-16)28-25(31)23-22(15-8-17-4-2-3-5-21(17)30(33)34)29(35-24(23)26(28)32)20-13-9-18(27)10-14-20/h2-15,22-24H,1H3/b15-8+/t22-,23-,24+/m0/s1. The second kappa shape index (κ2) is 8.98. The van der Waals surface area contributed by atoms with Crippen molar-refractivity contribution in [3.05, 3.63) is 105 Å². The molecule has 0 saturated carbocycles. The summed E-state index contributed by atoms with van der Waals surface area (Å²) in [5, 5.41) is 13.5. The van der Waals surface area contributed by atoms with Crippen LogP contribution in [0.3, 0.4) is 0 Å². The molecule has 2 fully saturated rings. The number of nitrogens with zero attached hydrogens (tertiary/aromatic N) is 3. The molecule has 9 heteroatoms. The lowest BCUT2D eigenvalue weighted by Gasteiger charge is -2.26. The first kappa shape index (κ1) is 22.8. The van der Waals surface area contributed by atoms with Crippen LogP contribution in [0.15, 0.2) is 78.9 Å². The Morgan fingerprint density at radius 3 is 2.29 bits per heavy atom. The van der Waals surface area contributed by atoms with Gasteiger partial charge in [-0.3, -0.25) is 24.5 Å². The molecule has 2 aliphatic heterocycles. The summed E-state index contributed by atoms with van der Waals surface area (Å²) in [7, 11) is 0. The zero-order chi connectivity index (χ0) is 24.7. The number of carbonyl (C=O) groups excluding carboxylic acids is 2. The van der Waals surface area contributed by atoms with E-state index < -0.39 is 34.8 Å². The van der Waals surface area contributed by atoms with E-state index in [1.165, 1.54) is 11.1 Å². The molecule has 35 heavy (non-hydrogen) atoms. The number of para-hydroxylation sites is 1. The van der Waals surface area contributed by atoms with E-state index in [0.29, 0.717) is 22.0 Å². The number of hydrogen-bond donors (Lipinski definition) is 0. The van der Waals surface area contributed by atoms with Crippen LogP contribution in [0, 0.1) is 23.0 Å². The molecule has 2 heterocycles. The molecule has 0 spiro atoms. The van der Waals surface area contributed by atoms with E-state index in [2.05, 4.69) is 0 Å². The van der Waals surface area contributed by atoms with Gasteiger partial charge >= 0.3 is 0 Å². The van der Waals surface area contributed by atoms with Crippen LogP contribution in [0.1, 0.15) is 11.1 Å². The van der Waals surface area contributed by atoms with Crippen LogP contribution in [0.4, 0.5) is 17.1 Å². The Kier molecular flexibility index (Phi) is 5.84. The molecule has 8 nitrogen and oxygen atoms in total. The van der Waals surface area contributed by atoms with Crippen LogP contribution in [-0.2, 0) is 14.4 Å². The quantitative estimate of drug-likeness (QED) is 0.286. The van der Waals surface area contributed by atoms with Gasteiger partial charge in [-0.15, -0.1) is 0 Å². The number of fused-ring (bicyclic) bond motifs is 1. The van der Waals surface area contributed by atoms with Crippen molar-refractivity contribution in [1.29, 1.82) is 0 Å². The van der Waals surface area contributed by atoms with Crippen molar-refractivity contribution in [3.8, 4) is 0 Å². The molecule has 5 rings (SSSR count). The van der Waals surface area contributed by atoms with Gasteiger partial charge < -0.3 is 0 Å². The summed E-state index contributed by atoms with van der Waals surface area (Å²) in [6, 6.07) is 19.5. The fraction of sp³-hybridized carbons (Fsp3) is 0.154. The molecule has 0 aromatic heterocycles. The number of anilines is 2. The van der Waals surface area contributed by atoms with E-state index in [-0.39, 0.29) is 5.69 Å². The number of nitro groups is 1. The van der Waals surface area contributed by atoms with E-state index in [9.17, 15) is 19.7 Å². The van der Waals surface area contributed by atoms with Gasteiger partial charge in [0, 0.05) is 11.1 Å². The summed E-state index contributed by atoms with van der Waals surface area (Å²) in [6.07, 6.45) is 2.23. The third-order valence-corrected chi connectivity index (χ3v) is 6.39. The van der Waals surface area contributed by atoms with Gasteiger partial charge in [-0.05, 0) is 55.5 Å². The van der Waals surface area contributed by atoms with E-state index in [1.54, 1.807) is 66.7 Å². The molecule has 2 amide bonds. The number of benzene rings is 3. The molecule has 2 aliphatic rings. The van der Waals surface area contributed by atoms with Crippen LogP contribution in [0.25, 0.3) is 6.08 Å². The van der Waals surface area contributed by atoms with Gasteiger partial charge in [-0.2, -0.15) is 0 Å². The summed E-state index contributed by atoms with van der Waals surface area (Å²) in [6.45, 7) is 1.92. The van der Waals surface area contributed by atoms with Crippen molar-refractivity contribution in [2.45, 2.75) is 19.1 Å². The molecular weight excluding hydrogens is 470 g/mol. The topological polar surface area (TPSA) is 93.0 Å². The van der Waals surface area contributed by atoms with Gasteiger partial charge in [0.25, 0.3) is 11.6 Å². The van der Waals surface area contributed by atoms with E-state index in [0.717, 1.165) is 10.5 Å². The molecule has 3 atom stereocenters. The highest BCUT2D eigenvalue weighted by molar-refractivity contribution is 6.30. The number of imide groups is 1. The van der Waals surface area contributed by atoms with Crippen molar-refractivity contribution in [2.24, 2.45) is 5.92 Å². The van der Waals surface area contributed by atoms with Crippen molar-refractivity contribution < 1.29 is 19.3 Å². The first-order valence-electron chi connectivity index (χ1n) is 10.9. The highest BCUT2D eigenvalue weighted by Crippen LogP contribution is 2.41. The first-order chi connectivity index (χ1) is 16.8. The number of amides is 2. The number of carbonyl (C=O) groups is 2. The number of nitro benzene ring substituents is 1. The maximum Gasteiger partial charge on any atom is 0.276 e. The molecule has 0 N–H and O–H groups in total. The SMILES string of the molecule is Cc1ccc(N2C(=O)[C@@H]3[C@@H](ON(c4ccc(Cl)cc4)[C@H]3/C=C/c3ccccc3[N+](=O)[O-])C2=O)cc1. The number of hydrogen-bond acceptors (Lipinski definition) is 6. The molecule has 0 aliphatic carbocycles. The lowest BCUT2D eigenvalue weighted by molar-refractivity contribution is -0.385. The highest BCUT2D eigenvalue weighted by Gasteiger charge is 2.59. The fourth-order valence-electron chi connectivity index (χ4n) is 4.41. The van der Waals surface area contributed by atoms with Crippen molar-refractivity contribution in [3.63, 3.8) is 0 Å². The van der Waals surface area contributed by atoms with Gasteiger partial charge in [0.1, 0.15) is 5.92 Å². The lowest BCUT2D eigenvalue weighted by atomic mass is 9.95. The minimum atomic E-state index is -1.03. The first-order valence-corrected chi connectivity index (χ1v) is 11.3. The average Bonchev–Trinajstić information content (AvgIpc) is 3.34. The Hall–Kier alpha value is -4.01. The minimum Gasteiger partial charge on any atom is -0.273 e. The minimum absolute atomic E-state index is 0.0626. The second-order valence-electron chi connectivity index (χ2n) is 8.37. The van der Waals surface area contributed by atoms with Crippen molar-refractivity contribution in [2.75, 3.05) is 9.96 Å². The Bertz CT molecular complexity index is 1340. The highest BCUT2D eigenvalue weighted by atomic mass is 35.5. The second-order valence-corrected chi connectivity index (χ2v) is 8.80. The molecule has 3 aromatic carbocycles. The number of aryl methyl sites for hydroxylation is 1. The van der Waals surface area contributed by atoms with Crippen LogP contribution in [-0.4, -0.2) is 28.9 Å². The monoisotopic (exact) mass is 489 g/mol. The third-order valence-electron chi connectivity index (χ3n) is 6.14. The normalized spacial score (nSPS) is 21.7. The number of rotatable bonds is 5. The summed E-state index contributed by atoms with van der Waals surface area (Å²) in [4.78, 5) is 45.0. The molecule has 2 saturated heterocycles. The van der Waals surface area contributed by atoms with Crippen molar-refractivity contribution in [1.82, 2.24) is 0 Å². The van der Waals surface area contributed by atoms with Gasteiger partial charge in [0.05, 0.1) is 27.9 Å². The van der Waals surface area contributed by atoms with E-state index in [4.69, 9.17) is 16.4 Å². The summed E-state index contributed by atoms with van der Waals surface area (Å²) in [5.74, 6) is -1.68. The number of halogens is 1. The van der Waals surface area contributed by atoms with Gasteiger partial charge in [0.2, 0.25) is 5.91 Å². The van der Waals surface area contributed by atoms with E-state index >= 15 is 0 Å². The number of hydroxylamine groups is 1. The smallest absolute Gasteiger partial charge is 0.273 e. The van der Waals surface area contributed by atoms with Gasteiger partial charge in [-0.1, -0.05) is 47.5 Å². The van der Waals surface area contributed by atoms with Crippen molar-refractivity contribution >= 4 is 46.6 Å². The molecule has 0 bridgehead atoms. The zero-order valence-electron chi connectivity index (χ0n) is 18.6. The Balaban J connectivity index is 1.54. The zero-order valence-corrected chi connectivity index (χ0v) is 19.3. The maximum absolute atomic E-state index is 13.5. The average molecular weight is 490 g/mol. The maximum atomic E-state index is 13.5. The molecule has 176 valence electrons. The summed E-state index contributed by atoms with van der Waals surface area (Å²) in [5.41, 5.74) is 2.39. The van der Waals surface area contributed by atoms with Crippen LogP contribution < -0.4 is 9.96 Å². The predicted octanol–water partition coefficient (Wildman–Crippen LogP) is 4.95. The predicted molar refractivity (Wildman–Crippen MR) is 132 cm³/mol. The van der Waals surface area contributed by atoms with Crippen LogP contribution in [0.5, 0.6) is 0 Å². The van der Waals surface area contributed by atoms with E-state index in [1.807, 2.05) is 19.1 Å². The lowest BCUT2D eigenvalue weighted by Crippen LogP contribution is -2.39. The Labute approximate surface area is 206 Å². The largest absolute Gasteiger partial charge is 0.276 e. The summed E-state index contributed by atoms with van der Waals surface area (Å²) < 4.78 is 0. The molecule has 3 aromatic rings. The Morgan fingerprint density at radius 1 is 0.943 bits per heavy atom. The van der Waals surface area contributed by atoms with Gasteiger partial charge in [0.15, 0.2) is 6.10 Å². The molecular formula is C26H20ClN3O5. The van der Waals surface area contributed by atoms with Crippen LogP contribution in [0.2, 0.25) is 5.02 Å². The third kappa shape index (κ3) is 4.07.